The predicted molar refractivity (Wildman–Crippen MR) is 93.0 cm³/mol. The van der Waals surface area contributed by atoms with Gasteiger partial charge < -0.3 is 14.2 Å². The van der Waals surface area contributed by atoms with E-state index in [1.54, 1.807) is 26.8 Å². The fraction of sp³-hybridized carbons (Fsp3) is 0.471. The van der Waals surface area contributed by atoms with Gasteiger partial charge in [-0.25, -0.2) is 4.79 Å². The minimum atomic E-state index is -4.47. The molecular formula is C17H18ClF3O4S. The Balaban J connectivity index is 1.99. The van der Waals surface area contributed by atoms with Gasteiger partial charge in [0.2, 0.25) is 0 Å². The molecule has 2 atom stereocenters. The Bertz CT molecular complexity index is 708. The Morgan fingerprint density at radius 1 is 1.42 bits per heavy atom. The van der Waals surface area contributed by atoms with Crippen LogP contribution in [0, 0.1) is 0 Å². The molecule has 1 aliphatic rings. The second-order valence-electron chi connectivity index (χ2n) is 5.72. The molecule has 1 aliphatic heterocycles. The zero-order valence-electron chi connectivity index (χ0n) is 14.4. The highest BCUT2D eigenvalue weighted by molar-refractivity contribution is 8.04. The third-order valence-corrected chi connectivity index (χ3v) is 4.91. The quantitative estimate of drug-likeness (QED) is 0.587. The SMILES string of the molecule is CCOC(=O)C(C)OC1(C)CC=C(Oc2ccc(C(F)(F)F)cc2Cl)S1. The largest absolute Gasteiger partial charge is 0.464 e. The van der Waals surface area contributed by atoms with E-state index in [0.717, 1.165) is 12.1 Å². The van der Waals surface area contributed by atoms with Crippen LogP contribution in [0.15, 0.2) is 29.4 Å². The second kappa shape index (κ2) is 8.10. The molecule has 1 heterocycles. The number of ether oxygens (including phenoxy) is 3. The number of carbonyl (C=O) groups is 1. The average molecular weight is 411 g/mol. The maximum atomic E-state index is 12.7. The van der Waals surface area contributed by atoms with Crippen LogP contribution in [0.3, 0.4) is 0 Å². The summed E-state index contributed by atoms with van der Waals surface area (Å²) in [5, 5.41) is 0.293. The molecule has 26 heavy (non-hydrogen) atoms. The Hall–Kier alpha value is -1.38. The summed E-state index contributed by atoms with van der Waals surface area (Å²) in [7, 11) is 0. The average Bonchev–Trinajstić information content (AvgIpc) is 2.89. The number of thioether (sulfide) groups is 1. The van der Waals surface area contributed by atoms with Crippen molar-refractivity contribution in [3.05, 3.63) is 40.0 Å². The Morgan fingerprint density at radius 2 is 2.12 bits per heavy atom. The highest BCUT2D eigenvalue weighted by atomic mass is 35.5. The van der Waals surface area contributed by atoms with Crippen molar-refractivity contribution in [1.82, 2.24) is 0 Å². The minimum absolute atomic E-state index is 0.112. The first-order valence-corrected chi connectivity index (χ1v) is 9.02. The molecule has 0 amide bonds. The van der Waals surface area contributed by atoms with Crippen molar-refractivity contribution in [3.63, 3.8) is 0 Å². The van der Waals surface area contributed by atoms with Crippen molar-refractivity contribution in [2.45, 2.75) is 44.4 Å². The summed E-state index contributed by atoms with van der Waals surface area (Å²) in [5.74, 6) is -0.351. The normalized spacial score (nSPS) is 21.3. The zero-order valence-corrected chi connectivity index (χ0v) is 15.9. The maximum absolute atomic E-state index is 12.7. The molecule has 0 spiro atoms. The van der Waals surface area contributed by atoms with Crippen LogP contribution in [0.2, 0.25) is 5.02 Å². The monoisotopic (exact) mass is 410 g/mol. The number of rotatable bonds is 6. The molecule has 9 heteroatoms. The van der Waals surface area contributed by atoms with E-state index in [-0.39, 0.29) is 17.4 Å². The van der Waals surface area contributed by atoms with Gasteiger partial charge in [-0.1, -0.05) is 23.4 Å². The molecule has 0 bridgehead atoms. The van der Waals surface area contributed by atoms with E-state index in [9.17, 15) is 18.0 Å². The first-order valence-electron chi connectivity index (χ1n) is 7.82. The Morgan fingerprint density at radius 3 is 2.69 bits per heavy atom. The van der Waals surface area contributed by atoms with Gasteiger partial charge in [0.1, 0.15) is 10.7 Å². The summed E-state index contributed by atoms with van der Waals surface area (Å²) in [4.78, 5) is 10.9. The highest BCUT2D eigenvalue weighted by Crippen LogP contribution is 2.45. The van der Waals surface area contributed by atoms with Crippen molar-refractivity contribution in [3.8, 4) is 5.75 Å². The van der Waals surface area contributed by atoms with Crippen LogP contribution >= 0.6 is 23.4 Å². The number of alkyl halides is 3. The fourth-order valence-corrected chi connectivity index (χ4v) is 3.55. The fourth-order valence-electron chi connectivity index (χ4n) is 2.25. The molecule has 0 aliphatic carbocycles. The number of esters is 1. The van der Waals surface area contributed by atoms with E-state index >= 15 is 0 Å². The Kier molecular flexibility index (Phi) is 6.52. The highest BCUT2D eigenvalue weighted by Gasteiger charge is 2.37. The third kappa shape index (κ3) is 5.31. The first-order chi connectivity index (χ1) is 12.0. The lowest BCUT2D eigenvalue weighted by molar-refractivity contribution is -0.160. The smallest absolute Gasteiger partial charge is 0.416 e. The summed E-state index contributed by atoms with van der Waals surface area (Å²) in [6, 6.07) is 2.89. The van der Waals surface area contributed by atoms with E-state index in [1.165, 1.54) is 17.8 Å². The van der Waals surface area contributed by atoms with Gasteiger partial charge >= 0.3 is 12.1 Å². The summed E-state index contributed by atoms with van der Waals surface area (Å²) in [6.45, 7) is 5.34. The summed E-state index contributed by atoms with van der Waals surface area (Å²) >= 11 is 7.11. The molecule has 0 radical (unpaired) electrons. The van der Waals surface area contributed by atoms with Crippen molar-refractivity contribution in [1.29, 1.82) is 0 Å². The molecule has 2 rings (SSSR count). The summed E-state index contributed by atoms with van der Waals surface area (Å²) < 4.78 is 54.3. The van der Waals surface area contributed by atoms with Gasteiger partial charge in [0, 0.05) is 6.42 Å². The Labute approximate surface area is 158 Å². The standard InChI is InChI=1S/C17H18ClF3O4S/c1-4-23-15(22)10(2)25-16(3)8-7-14(26-16)24-13-6-5-11(9-12(13)18)17(19,20)21/h5-7,9-10H,4,8H2,1-3H3. The van der Waals surface area contributed by atoms with Gasteiger partial charge in [-0.3, -0.25) is 0 Å². The van der Waals surface area contributed by atoms with Crippen LogP contribution < -0.4 is 4.74 Å². The molecule has 0 fully saturated rings. The van der Waals surface area contributed by atoms with Gasteiger partial charge in [0.25, 0.3) is 0 Å². The second-order valence-corrected chi connectivity index (χ2v) is 7.60. The lowest BCUT2D eigenvalue weighted by atomic mass is 10.2. The topological polar surface area (TPSA) is 44.8 Å². The molecule has 0 N–H and O–H groups in total. The molecule has 0 saturated heterocycles. The number of halogens is 4. The van der Waals surface area contributed by atoms with Crippen molar-refractivity contribution >= 4 is 29.3 Å². The van der Waals surface area contributed by atoms with Crippen molar-refractivity contribution < 1.29 is 32.2 Å². The van der Waals surface area contributed by atoms with E-state index in [1.807, 2.05) is 0 Å². The van der Waals surface area contributed by atoms with Crippen molar-refractivity contribution in [2.24, 2.45) is 0 Å². The molecule has 144 valence electrons. The van der Waals surface area contributed by atoms with Gasteiger partial charge in [0.15, 0.2) is 11.2 Å². The van der Waals surface area contributed by atoms with Crippen LogP contribution in [-0.4, -0.2) is 23.6 Å². The van der Waals surface area contributed by atoms with Crippen LogP contribution in [-0.2, 0) is 20.4 Å². The molecule has 1 aromatic rings. The van der Waals surface area contributed by atoms with Gasteiger partial charge in [-0.15, -0.1) is 0 Å². The third-order valence-electron chi connectivity index (χ3n) is 3.47. The number of hydrogen-bond donors (Lipinski definition) is 0. The molecule has 2 unspecified atom stereocenters. The zero-order chi connectivity index (χ0) is 19.5. The molecule has 0 aromatic heterocycles. The van der Waals surface area contributed by atoms with E-state index in [0.29, 0.717) is 11.5 Å². The minimum Gasteiger partial charge on any atom is -0.464 e. The summed E-state index contributed by atoms with van der Waals surface area (Å²) in [6.07, 6.45) is -3.04. The lowest BCUT2D eigenvalue weighted by Crippen LogP contribution is -2.33. The molecule has 0 saturated carbocycles. The lowest BCUT2D eigenvalue weighted by Gasteiger charge is -2.27. The first kappa shape index (κ1) is 20.9. The summed E-state index contributed by atoms with van der Waals surface area (Å²) in [5.41, 5.74) is -0.848. The van der Waals surface area contributed by atoms with E-state index < -0.39 is 28.7 Å². The predicted octanol–water partition coefficient (Wildman–Crippen LogP) is 5.40. The van der Waals surface area contributed by atoms with Gasteiger partial charge in [-0.05, 0) is 45.0 Å². The molecule has 1 aromatic carbocycles. The number of benzene rings is 1. The van der Waals surface area contributed by atoms with Crippen LogP contribution in [0.4, 0.5) is 13.2 Å². The molecular weight excluding hydrogens is 393 g/mol. The van der Waals surface area contributed by atoms with Crippen molar-refractivity contribution in [2.75, 3.05) is 6.61 Å². The van der Waals surface area contributed by atoms with Crippen LogP contribution in [0.25, 0.3) is 0 Å². The molecule has 4 nitrogen and oxygen atoms in total. The number of carbonyl (C=O) groups excluding carboxylic acids is 1. The van der Waals surface area contributed by atoms with Crippen LogP contribution in [0.5, 0.6) is 5.75 Å². The maximum Gasteiger partial charge on any atom is 0.416 e. The van der Waals surface area contributed by atoms with E-state index in [2.05, 4.69) is 0 Å². The van der Waals surface area contributed by atoms with Crippen LogP contribution in [0.1, 0.15) is 32.8 Å². The van der Waals surface area contributed by atoms with Gasteiger partial charge in [0.05, 0.1) is 17.2 Å². The number of hydrogen-bond acceptors (Lipinski definition) is 5. The van der Waals surface area contributed by atoms with E-state index in [4.69, 9.17) is 25.8 Å². The van der Waals surface area contributed by atoms with Gasteiger partial charge in [-0.2, -0.15) is 13.2 Å².